The number of hydrogen-bond acceptors (Lipinski definition) is 4. The number of nitrogens with zero attached hydrogens (tertiary/aromatic N) is 5. The number of aryl methyl sites for hydroxylation is 1. The molecule has 1 saturated carbocycles. The second-order valence-corrected chi connectivity index (χ2v) is 6.46. The molecule has 1 aliphatic rings. The van der Waals surface area contributed by atoms with E-state index >= 15 is 0 Å². The lowest BCUT2D eigenvalue weighted by atomic mass is 10.2. The maximum Gasteiger partial charge on any atom is 0.436 e. The second-order valence-electron chi connectivity index (χ2n) is 5.67. The minimum atomic E-state index is -4.61. The zero-order valence-corrected chi connectivity index (χ0v) is 14.5. The Hall–Kier alpha value is -2.35. The minimum absolute atomic E-state index is 0.0443. The Balaban J connectivity index is 1.86. The predicted molar refractivity (Wildman–Crippen MR) is 83.5 cm³/mol. The third-order valence-electron chi connectivity index (χ3n) is 3.77. The Morgan fingerprint density at radius 2 is 2.20 bits per heavy atom. The number of rotatable bonds is 4. The second kappa shape index (κ2) is 6.18. The molecule has 11 heteroatoms. The Morgan fingerprint density at radius 3 is 2.76 bits per heavy atom. The lowest BCUT2D eigenvalue weighted by Gasteiger charge is -2.09. The molecule has 0 aromatic carbocycles. The van der Waals surface area contributed by atoms with Crippen LogP contribution in [0.1, 0.15) is 35.7 Å². The molecule has 1 N–H and O–H groups in total. The van der Waals surface area contributed by atoms with Gasteiger partial charge in [0.2, 0.25) is 5.91 Å². The van der Waals surface area contributed by atoms with Crippen LogP contribution in [0.4, 0.5) is 19.0 Å². The van der Waals surface area contributed by atoms with E-state index in [1.165, 1.54) is 10.9 Å². The van der Waals surface area contributed by atoms with E-state index in [1.807, 2.05) is 6.07 Å². The van der Waals surface area contributed by atoms with Gasteiger partial charge in [0.05, 0.1) is 16.4 Å². The Bertz CT molecular complexity index is 874. The first-order valence-corrected chi connectivity index (χ1v) is 8.07. The fraction of sp³-hybridized carbons (Fsp3) is 0.429. The maximum atomic E-state index is 13.1. The number of nitrogens with one attached hydrogen (secondary N) is 1. The summed E-state index contributed by atoms with van der Waals surface area (Å²) in [5.74, 6) is -0.453. The van der Waals surface area contributed by atoms with E-state index in [-0.39, 0.29) is 21.8 Å². The van der Waals surface area contributed by atoms with E-state index in [0.717, 1.165) is 17.5 Å². The molecule has 2 aromatic rings. The first-order valence-electron chi connectivity index (χ1n) is 7.27. The lowest BCUT2D eigenvalue weighted by Crippen LogP contribution is -2.23. The van der Waals surface area contributed by atoms with Crippen LogP contribution in [0, 0.1) is 11.3 Å². The van der Waals surface area contributed by atoms with Crippen molar-refractivity contribution >= 4 is 27.7 Å². The third kappa shape index (κ3) is 3.39. The molecule has 1 amide bonds. The summed E-state index contributed by atoms with van der Waals surface area (Å²) in [5, 5.41) is 18.9. The van der Waals surface area contributed by atoms with Gasteiger partial charge in [-0.1, -0.05) is 0 Å². The van der Waals surface area contributed by atoms with Crippen LogP contribution >= 0.6 is 15.9 Å². The predicted octanol–water partition coefficient (Wildman–Crippen LogP) is 2.79. The summed E-state index contributed by atoms with van der Waals surface area (Å²) in [7, 11) is 1.54. The number of hydrogen-bond donors (Lipinski definition) is 1. The van der Waals surface area contributed by atoms with Gasteiger partial charge in [-0.2, -0.15) is 28.6 Å². The molecular formula is C14H12BrF3N6O. The van der Waals surface area contributed by atoms with Crippen molar-refractivity contribution in [2.45, 2.75) is 31.5 Å². The van der Waals surface area contributed by atoms with Gasteiger partial charge in [0, 0.05) is 13.0 Å². The molecule has 1 aliphatic carbocycles. The number of halogens is 4. The summed E-state index contributed by atoms with van der Waals surface area (Å²) >= 11 is 2.97. The molecule has 0 bridgehead atoms. The Morgan fingerprint density at radius 1 is 1.52 bits per heavy atom. The van der Waals surface area contributed by atoms with Crippen LogP contribution in [-0.4, -0.2) is 25.5 Å². The zero-order chi connectivity index (χ0) is 18.4. The van der Waals surface area contributed by atoms with Crippen molar-refractivity contribution in [1.82, 2.24) is 19.6 Å². The monoisotopic (exact) mass is 416 g/mol. The van der Waals surface area contributed by atoms with Gasteiger partial charge in [0.1, 0.15) is 24.0 Å². The summed E-state index contributed by atoms with van der Waals surface area (Å²) < 4.78 is 41.5. The first-order chi connectivity index (χ1) is 11.7. The number of amides is 1. The summed E-state index contributed by atoms with van der Waals surface area (Å²) in [5.41, 5.74) is -0.510. The summed E-state index contributed by atoms with van der Waals surface area (Å²) in [6, 6.07) is 1.88. The number of alkyl halides is 3. The third-order valence-corrected chi connectivity index (χ3v) is 4.56. The SMILES string of the molecule is Cn1ncc(C#N)c1NC(=O)Cn1nc(C(F)(F)F)c(Br)c1C1CC1. The Kier molecular flexibility index (Phi) is 4.32. The fourth-order valence-electron chi connectivity index (χ4n) is 2.48. The minimum Gasteiger partial charge on any atom is -0.308 e. The zero-order valence-electron chi connectivity index (χ0n) is 12.9. The topological polar surface area (TPSA) is 88.5 Å². The standard InChI is InChI=1S/C14H12BrF3N6O/c1-23-13(8(4-19)5-20-23)21-9(25)6-24-11(7-2-3-7)10(15)12(22-24)14(16,17)18/h5,7H,2-3,6H2,1H3,(H,21,25). The molecule has 0 spiro atoms. The normalized spacial score (nSPS) is 14.4. The van der Waals surface area contributed by atoms with E-state index < -0.39 is 24.3 Å². The average Bonchev–Trinajstić information content (AvgIpc) is 3.21. The van der Waals surface area contributed by atoms with Gasteiger partial charge in [-0.05, 0) is 28.8 Å². The van der Waals surface area contributed by atoms with Gasteiger partial charge in [-0.15, -0.1) is 0 Å². The maximum absolute atomic E-state index is 13.1. The molecule has 1 fully saturated rings. The molecule has 2 aromatic heterocycles. The van der Waals surface area contributed by atoms with Crippen molar-refractivity contribution in [3.63, 3.8) is 0 Å². The van der Waals surface area contributed by atoms with Crippen LogP contribution in [0.5, 0.6) is 0 Å². The summed E-state index contributed by atoms with van der Waals surface area (Å²) in [6.07, 6.45) is -1.81. The highest BCUT2D eigenvalue weighted by molar-refractivity contribution is 9.10. The van der Waals surface area contributed by atoms with E-state index in [2.05, 4.69) is 31.4 Å². The quantitative estimate of drug-likeness (QED) is 0.829. The van der Waals surface area contributed by atoms with Gasteiger partial charge in [-0.3, -0.25) is 14.2 Å². The van der Waals surface area contributed by atoms with Crippen LogP contribution in [0.3, 0.4) is 0 Å². The van der Waals surface area contributed by atoms with E-state index in [9.17, 15) is 18.0 Å². The molecule has 2 heterocycles. The average molecular weight is 417 g/mol. The van der Waals surface area contributed by atoms with E-state index in [4.69, 9.17) is 5.26 Å². The molecule has 0 unspecified atom stereocenters. The van der Waals surface area contributed by atoms with Gasteiger partial charge >= 0.3 is 6.18 Å². The summed E-state index contributed by atoms with van der Waals surface area (Å²) in [4.78, 5) is 12.2. The lowest BCUT2D eigenvalue weighted by molar-refractivity contribution is -0.142. The summed E-state index contributed by atoms with van der Waals surface area (Å²) in [6.45, 7) is -0.392. The van der Waals surface area contributed by atoms with Gasteiger partial charge in [0.25, 0.3) is 0 Å². The van der Waals surface area contributed by atoms with Crippen LogP contribution in [0.2, 0.25) is 0 Å². The Labute approximate surface area is 148 Å². The van der Waals surface area contributed by atoms with Crippen molar-refractivity contribution in [1.29, 1.82) is 5.26 Å². The van der Waals surface area contributed by atoms with Crippen molar-refractivity contribution in [2.24, 2.45) is 7.05 Å². The van der Waals surface area contributed by atoms with Crippen LogP contribution in [-0.2, 0) is 24.6 Å². The number of nitriles is 1. The van der Waals surface area contributed by atoms with Crippen molar-refractivity contribution in [3.05, 3.63) is 27.6 Å². The number of carbonyl (C=O) groups excluding carboxylic acids is 1. The van der Waals surface area contributed by atoms with Crippen molar-refractivity contribution in [2.75, 3.05) is 5.32 Å². The van der Waals surface area contributed by atoms with Crippen LogP contribution in [0.25, 0.3) is 0 Å². The van der Waals surface area contributed by atoms with E-state index in [1.54, 1.807) is 7.05 Å². The largest absolute Gasteiger partial charge is 0.436 e. The number of aromatic nitrogens is 4. The van der Waals surface area contributed by atoms with Crippen molar-refractivity contribution < 1.29 is 18.0 Å². The first kappa shape index (κ1) is 17.5. The highest BCUT2D eigenvalue weighted by Gasteiger charge is 2.42. The molecule has 3 rings (SSSR count). The molecule has 0 aliphatic heterocycles. The molecule has 132 valence electrons. The fourth-order valence-corrected chi connectivity index (χ4v) is 3.31. The van der Waals surface area contributed by atoms with Gasteiger partial charge < -0.3 is 5.32 Å². The smallest absolute Gasteiger partial charge is 0.308 e. The van der Waals surface area contributed by atoms with Gasteiger partial charge in [-0.25, -0.2) is 0 Å². The molecular weight excluding hydrogens is 405 g/mol. The molecule has 7 nitrogen and oxygen atoms in total. The molecule has 0 radical (unpaired) electrons. The van der Waals surface area contributed by atoms with Gasteiger partial charge in [0.15, 0.2) is 5.69 Å². The highest BCUT2D eigenvalue weighted by Crippen LogP contribution is 2.46. The molecule has 25 heavy (non-hydrogen) atoms. The van der Waals surface area contributed by atoms with E-state index in [0.29, 0.717) is 5.69 Å². The van der Waals surface area contributed by atoms with Crippen LogP contribution < -0.4 is 5.32 Å². The molecule has 0 saturated heterocycles. The highest BCUT2D eigenvalue weighted by atomic mass is 79.9. The number of carbonyl (C=O) groups is 1. The number of anilines is 1. The van der Waals surface area contributed by atoms with Crippen LogP contribution in [0.15, 0.2) is 10.7 Å². The molecule has 0 atom stereocenters. The van der Waals surface area contributed by atoms with Crippen molar-refractivity contribution in [3.8, 4) is 6.07 Å².